The van der Waals surface area contributed by atoms with Crippen LogP contribution in [0, 0.1) is 0 Å². The first-order chi connectivity index (χ1) is 8.65. The largest absolute Gasteiger partial charge is 0.480 e. The second-order valence-corrected chi connectivity index (χ2v) is 5.33. The highest BCUT2D eigenvalue weighted by Crippen LogP contribution is 2.08. The number of aliphatic carboxylic acids is 1. The van der Waals surface area contributed by atoms with E-state index in [9.17, 15) is 14.7 Å². The fourth-order valence-electron chi connectivity index (χ4n) is 1.40. The first kappa shape index (κ1) is 17.7. The molecule has 1 amide bonds. The molecule has 0 saturated heterocycles. The zero-order chi connectivity index (χ0) is 15.1. The number of alkyl carbamates (subject to hydrolysis) is 1. The smallest absolute Gasteiger partial charge is 0.408 e. The van der Waals surface area contributed by atoms with E-state index >= 15 is 0 Å². The number of hydrogen-bond acceptors (Lipinski definition) is 5. The third-order valence-corrected chi connectivity index (χ3v) is 2.22. The van der Waals surface area contributed by atoms with Gasteiger partial charge in [-0.3, -0.25) is 0 Å². The lowest BCUT2D eigenvalue weighted by molar-refractivity contribution is -0.139. The molecule has 0 aromatic rings. The minimum atomic E-state index is -1.15. The van der Waals surface area contributed by atoms with Gasteiger partial charge in [-0.25, -0.2) is 9.59 Å². The van der Waals surface area contributed by atoms with Crippen LogP contribution in [0.3, 0.4) is 0 Å². The van der Waals surface area contributed by atoms with Crippen molar-refractivity contribution < 1.29 is 24.5 Å². The molecule has 0 aliphatic rings. The molecule has 2 unspecified atom stereocenters. The van der Waals surface area contributed by atoms with E-state index in [0.29, 0.717) is 6.54 Å². The van der Waals surface area contributed by atoms with Crippen molar-refractivity contribution >= 4 is 12.1 Å². The lowest BCUT2D eigenvalue weighted by Gasteiger charge is -2.22. The van der Waals surface area contributed by atoms with Crippen LogP contribution in [0.15, 0.2) is 0 Å². The van der Waals surface area contributed by atoms with Gasteiger partial charge in [0.1, 0.15) is 11.6 Å². The SMILES string of the molecule is CNCC(O)CCC(NC(=O)OC(C)(C)C)C(=O)O. The number of carboxylic acid groups (broad SMARTS) is 1. The van der Waals surface area contributed by atoms with Gasteiger partial charge in [0, 0.05) is 6.54 Å². The summed E-state index contributed by atoms with van der Waals surface area (Å²) in [7, 11) is 1.69. The van der Waals surface area contributed by atoms with E-state index < -0.39 is 29.8 Å². The molecule has 0 fully saturated rings. The van der Waals surface area contributed by atoms with E-state index in [1.165, 1.54) is 0 Å². The van der Waals surface area contributed by atoms with Crippen molar-refractivity contribution in [2.75, 3.05) is 13.6 Å². The summed E-state index contributed by atoms with van der Waals surface area (Å²) in [5.74, 6) is -1.15. The molecule has 0 spiro atoms. The molecule has 112 valence electrons. The van der Waals surface area contributed by atoms with Crippen molar-refractivity contribution in [2.45, 2.75) is 51.4 Å². The van der Waals surface area contributed by atoms with Crippen LogP contribution in [-0.4, -0.2) is 53.6 Å². The first-order valence-corrected chi connectivity index (χ1v) is 6.20. The highest BCUT2D eigenvalue weighted by Gasteiger charge is 2.24. The minimum Gasteiger partial charge on any atom is -0.480 e. The molecule has 19 heavy (non-hydrogen) atoms. The number of carbonyl (C=O) groups excluding carboxylic acids is 1. The van der Waals surface area contributed by atoms with Crippen LogP contribution >= 0.6 is 0 Å². The van der Waals surface area contributed by atoms with Crippen LogP contribution in [0.2, 0.25) is 0 Å². The van der Waals surface area contributed by atoms with Gasteiger partial charge in [-0.05, 0) is 40.7 Å². The third-order valence-electron chi connectivity index (χ3n) is 2.22. The summed E-state index contributed by atoms with van der Waals surface area (Å²) in [6.45, 7) is 5.45. The molecule has 2 atom stereocenters. The van der Waals surface area contributed by atoms with Crippen molar-refractivity contribution in [3.05, 3.63) is 0 Å². The Morgan fingerprint density at radius 2 is 1.84 bits per heavy atom. The fraction of sp³-hybridized carbons (Fsp3) is 0.833. The standard InChI is InChI=1S/C12H24N2O5/c1-12(2,3)19-11(18)14-9(10(16)17)6-5-8(15)7-13-4/h8-9,13,15H,5-7H2,1-4H3,(H,14,18)(H,16,17). The number of amides is 1. The zero-order valence-electron chi connectivity index (χ0n) is 11.9. The fourth-order valence-corrected chi connectivity index (χ4v) is 1.40. The molecule has 0 aromatic carbocycles. The number of ether oxygens (including phenoxy) is 1. The number of aliphatic hydroxyl groups is 1. The zero-order valence-corrected chi connectivity index (χ0v) is 11.9. The molecular formula is C12H24N2O5. The van der Waals surface area contributed by atoms with Gasteiger partial charge in [0.15, 0.2) is 0 Å². The van der Waals surface area contributed by atoms with Crippen molar-refractivity contribution in [3.63, 3.8) is 0 Å². The summed E-state index contributed by atoms with van der Waals surface area (Å²) in [6.07, 6.45) is -1.01. The van der Waals surface area contributed by atoms with Gasteiger partial charge in [-0.1, -0.05) is 0 Å². The number of likely N-dealkylation sites (N-methyl/N-ethyl adjacent to an activating group) is 1. The molecule has 4 N–H and O–H groups in total. The van der Waals surface area contributed by atoms with Crippen LogP contribution in [0.25, 0.3) is 0 Å². The number of nitrogens with one attached hydrogen (secondary N) is 2. The van der Waals surface area contributed by atoms with Crippen LogP contribution in [0.4, 0.5) is 4.79 Å². The van der Waals surface area contributed by atoms with E-state index in [1.807, 2.05) is 0 Å². The summed E-state index contributed by atoms with van der Waals surface area (Å²) in [4.78, 5) is 22.5. The van der Waals surface area contributed by atoms with Crippen molar-refractivity contribution in [1.82, 2.24) is 10.6 Å². The Balaban J connectivity index is 4.27. The Morgan fingerprint density at radius 1 is 1.26 bits per heavy atom. The summed E-state index contributed by atoms with van der Waals surface area (Å²) >= 11 is 0. The summed E-state index contributed by atoms with van der Waals surface area (Å²) in [6, 6.07) is -1.07. The van der Waals surface area contributed by atoms with Gasteiger partial charge in [-0.15, -0.1) is 0 Å². The Labute approximate surface area is 113 Å². The van der Waals surface area contributed by atoms with Crippen LogP contribution in [0.1, 0.15) is 33.6 Å². The Kier molecular flexibility index (Phi) is 7.40. The second kappa shape index (κ2) is 7.96. The highest BCUT2D eigenvalue weighted by molar-refractivity contribution is 5.79. The number of carbonyl (C=O) groups is 2. The van der Waals surface area contributed by atoms with Gasteiger partial charge in [0.2, 0.25) is 0 Å². The lowest BCUT2D eigenvalue weighted by atomic mass is 10.1. The van der Waals surface area contributed by atoms with E-state index in [4.69, 9.17) is 9.84 Å². The quantitative estimate of drug-likeness (QED) is 0.533. The lowest BCUT2D eigenvalue weighted by Crippen LogP contribution is -2.44. The Morgan fingerprint density at radius 3 is 2.26 bits per heavy atom. The number of hydrogen-bond donors (Lipinski definition) is 4. The molecule has 0 heterocycles. The number of aliphatic hydroxyl groups excluding tert-OH is 1. The maximum atomic E-state index is 11.5. The van der Waals surface area contributed by atoms with E-state index in [0.717, 1.165) is 0 Å². The average Bonchev–Trinajstić information content (AvgIpc) is 2.21. The van der Waals surface area contributed by atoms with Gasteiger partial charge >= 0.3 is 12.1 Å². The summed E-state index contributed by atoms with van der Waals surface area (Å²) < 4.78 is 4.98. The van der Waals surface area contributed by atoms with Gasteiger partial charge in [0.05, 0.1) is 6.10 Å². The minimum absolute atomic E-state index is 0.136. The summed E-state index contributed by atoms with van der Waals surface area (Å²) in [5, 5.41) is 23.6. The molecule has 0 rings (SSSR count). The molecule has 0 radical (unpaired) electrons. The summed E-state index contributed by atoms with van der Waals surface area (Å²) in [5.41, 5.74) is -0.682. The molecule has 0 aromatic heterocycles. The molecule has 7 nitrogen and oxygen atoms in total. The molecule has 0 bridgehead atoms. The third kappa shape index (κ3) is 9.26. The predicted octanol–water partition coefficient (Wildman–Crippen LogP) is 0.325. The Hall–Kier alpha value is -1.34. The van der Waals surface area contributed by atoms with Gasteiger partial charge in [0.25, 0.3) is 0 Å². The topological polar surface area (TPSA) is 108 Å². The molecule has 0 aliphatic heterocycles. The normalized spacial score (nSPS) is 14.6. The highest BCUT2D eigenvalue weighted by atomic mass is 16.6. The monoisotopic (exact) mass is 276 g/mol. The van der Waals surface area contributed by atoms with Crippen molar-refractivity contribution in [3.8, 4) is 0 Å². The maximum absolute atomic E-state index is 11.5. The molecular weight excluding hydrogens is 252 g/mol. The van der Waals surface area contributed by atoms with Crippen LogP contribution in [0.5, 0.6) is 0 Å². The van der Waals surface area contributed by atoms with E-state index in [1.54, 1.807) is 27.8 Å². The maximum Gasteiger partial charge on any atom is 0.408 e. The molecule has 7 heteroatoms. The number of carboxylic acids is 1. The van der Waals surface area contributed by atoms with Crippen LogP contribution < -0.4 is 10.6 Å². The molecule has 0 saturated carbocycles. The first-order valence-electron chi connectivity index (χ1n) is 6.20. The van der Waals surface area contributed by atoms with Crippen molar-refractivity contribution in [1.29, 1.82) is 0 Å². The Bertz CT molecular complexity index is 301. The second-order valence-electron chi connectivity index (χ2n) is 5.33. The van der Waals surface area contributed by atoms with E-state index in [2.05, 4.69) is 10.6 Å². The predicted molar refractivity (Wildman–Crippen MR) is 70.0 cm³/mol. The van der Waals surface area contributed by atoms with E-state index in [-0.39, 0.29) is 12.8 Å². The van der Waals surface area contributed by atoms with Crippen LogP contribution in [-0.2, 0) is 9.53 Å². The van der Waals surface area contributed by atoms with Crippen molar-refractivity contribution in [2.24, 2.45) is 0 Å². The van der Waals surface area contributed by atoms with Gasteiger partial charge in [-0.2, -0.15) is 0 Å². The average molecular weight is 276 g/mol. The number of rotatable bonds is 7. The molecule has 0 aliphatic carbocycles. The van der Waals surface area contributed by atoms with Gasteiger partial charge < -0.3 is 25.6 Å².